The molecule has 0 atom stereocenters. The van der Waals surface area contributed by atoms with Crippen LogP contribution in [0.1, 0.15) is 32.1 Å². The number of aliphatic imine (C=N–C) groups is 1. The van der Waals surface area contributed by atoms with Gasteiger partial charge >= 0.3 is 0 Å². The number of hydrogen-bond acceptors (Lipinski definition) is 5. The highest BCUT2D eigenvalue weighted by molar-refractivity contribution is 14.0. The molecule has 0 unspecified atom stereocenters. The van der Waals surface area contributed by atoms with Crippen LogP contribution < -0.4 is 5.32 Å². The third-order valence-corrected chi connectivity index (χ3v) is 5.55. The van der Waals surface area contributed by atoms with Crippen molar-refractivity contribution >= 4 is 29.9 Å². The number of guanidine groups is 1. The van der Waals surface area contributed by atoms with Gasteiger partial charge in [0.05, 0.1) is 6.10 Å². The van der Waals surface area contributed by atoms with Crippen LogP contribution in [0.4, 0.5) is 0 Å². The molecule has 0 bridgehead atoms. The fourth-order valence-corrected chi connectivity index (χ4v) is 3.85. The molecule has 2 fully saturated rings. The zero-order chi connectivity index (χ0) is 19.3. The fraction of sp³-hybridized carbons (Fsp3) is 0.950. The Morgan fingerprint density at radius 2 is 1.82 bits per heavy atom. The molecule has 0 amide bonds. The van der Waals surface area contributed by atoms with Crippen LogP contribution in [0, 0.1) is 0 Å². The van der Waals surface area contributed by atoms with Crippen molar-refractivity contribution in [2.24, 2.45) is 4.99 Å². The molecule has 2 saturated heterocycles. The largest absolute Gasteiger partial charge is 0.385 e. The van der Waals surface area contributed by atoms with Gasteiger partial charge in [-0.3, -0.25) is 4.99 Å². The summed E-state index contributed by atoms with van der Waals surface area (Å²) in [4.78, 5) is 11.9. The lowest BCUT2D eigenvalue weighted by Crippen LogP contribution is -2.47. The number of ether oxygens (including phenoxy) is 2. The summed E-state index contributed by atoms with van der Waals surface area (Å²) in [6.07, 6.45) is 5.98. The zero-order valence-electron chi connectivity index (χ0n) is 18.2. The summed E-state index contributed by atoms with van der Waals surface area (Å²) in [5, 5.41) is 3.56. The van der Waals surface area contributed by atoms with Gasteiger partial charge < -0.3 is 29.5 Å². The maximum Gasteiger partial charge on any atom is 0.193 e. The predicted molar refractivity (Wildman–Crippen MR) is 127 cm³/mol. The van der Waals surface area contributed by atoms with E-state index in [-0.39, 0.29) is 24.0 Å². The van der Waals surface area contributed by atoms with E-state index in [1.54, 1.807) is 7.11 Å². The fourth-order valence-electron chi connectivity index (χ4n) is 3.85. The average molecular weight is 511 g/mol. The van der Waals surface area contributed by atoms with Crippen LogP contribution in [0.2, 0.25) is 0 Å². The van der Waals surface area contributed by atoms with Crippen molar-refractivity contribution in [3.63, 3.8) is 0 Å². The summed E-state index contributed by atoms with van der Waals surface area (Å²) in [6.45, 7) is 10.6. The first-order valence-electron chi connectivity index (χ1n) is 10.7. The molecule has 166 valence electrons. The molecule has 2 heterocycles. The zero-order valence-corrected chi connectivity index (χ0v) is 20.5. The van der Waals surface area contributed by atoms with E-state index in [9.17, 15) is 0 Å². The highest BCUT2D eigenvalue weighted by atomic mass is 127. The van der Waals surface area contributed by atoms with E-state index in [4.69, 9.17) is 9.47 Å². The summed E-state index contributed by atoms with van der Waals surface area (Å²) in [6, 6.07) is 0. The number of likely N-dealkylation sites (tertiary alicyclic amines) is 1. The normalized spacial score (nSPS) is 20.7. The van der Waals surface area contributed by atoms with Crippen molar-refractivity contribution in [3.05, 3.63) is 0 Å². The third-order valence-electron chi connectivity index (χ3n) is 5.55. The summed E-state index contributed by atoms with van der Waals surface area (Å²) >= 11 is 0. The number of halogens is 1. The van der Waals surface area contributed by atoms with Crippen molar-refractivity contribution in [1.29, 1.82) is 0 Å². The molecule has 0 aromatic heterocycles. The molecular weight excluding hydrogens is 469 g/mol. The Labute approximate surface area is 189 Å². The maximum atomic E-state index is 5.95. The summed E-state index contributed by atoms with van der Waals surface area (Å²) < 4.78 is 11.0. The van der Waals surface area contributed by atoms with Gasteiger partial charge in [-0.05, 0) is 58.8 Å². The molecule has 2 rings (SSSR count). The smallest absolute Gasteiger partial charge is 0.193 e. The van der Waals surface area contributed by atoms with Gasteiger partial charge in [-0.15, -0.1) is 24.0 Å². The number of piperidine rings is 1. The van der Waals surface area contributed by atoms with Crippen molar-refractivity contribution < 1.29 is 9.47 Å². The van der Waals surface area contributed by atoms with Gasteiger partial charge in [-0.2, -0.15) is 0 Å². The van der Waals surface area contributed by atoms with E-state index in [1.807, 2.05) is 7.05 Å². The highest BCUT2D eigenvalue weighted by Crippen LogP contribution is 2.14. The predicted octanol–water partition coefficient (Wildman–Crippen LogP) is 1.72. The second-order valence-electron chi connectivity index (χ2n) is 7.73. The monoisotopic (exact) mass is 511 g/mol. The van der Waals surface area contributed by atoms with Crippen LogP contribution in [0.25, 0.3) is 0 Å². The Hall–Kier alpha value is -0.160. The SMILES string of the molecule is CN=C(NCCCN1CCCN(C)CC1)N1CCC(OCCCOC)CC1.I. The summed E-state index contributed by atoms with van der Waals surface area (Å²) in [7, 11) is 5.85. The number of methoxy groups -OCH3 is 1. The number of rotatable bonds is 9. The third kappa shape index (κ3) is 10.0. The van der Waals surface area contributed by atoms with Crippen LogP contribution in [0.3, 0.4) is 0 Å². The molecule has 2 aliphatic heterocycles. The molecule has 1 N–H and O–H groups in total. The minimum Gasteiger partial charge on any atom is -0.385 e. The van der Waals surface area contributed by atoms with Crippen molar-refractivity contribution in [2.45, 2.75) is 38.2 Å². The van der Waals surface area contributed by atoms with Crippen LogP contribution in [-0.4, -0.2) is 114 Å². The molecule has 0 radical (unpaired) electrons. The van der Waals surface area contributed by atoms with Crippen LogP contribution in [0.5, 0.6) is 0 Å². The molecule has 0 saturated carbocycles. The second-order valence-corrected chi connectivity index (χ2v) is 7.73. The first-order valence-corrected chi connectivity index (χ1v) is 10.7. The van der Waals surface area contributed by atoms with E-state index in [0.717, 1.165) is 58.1 Å². The number of likely N-dealkylation sites (N-methyl/N-ethyl adjacent to an activating group) is 1. The topological polar surface area (TPSA) is 52.6 Å². The first-order chi connectivity index (χ1) is 13.2. The van der Waals surface area contributed by atoms with Crippen molar-refractivity contribution in [2.75, 3.05) is 86.8 Å². The molecule has 0 aromatic carbocycles. The molecular formula is C20H42IN5O2. The Balaban J connectivity index is 0.00000392. The van der Waals surface area contributed by atoms with E-state index >= 15 is 0 Å². The molecule has 0 aliphatic carbocycles. The van der Waals surface area contributed by atoms with Gasteiger partial charge in [-0.1, -0.05) is 0 Å². The highest BCUT2D eigenvalue weighted by Gasteiger charge is 2.21. The Kier molecular flexibility index (Phi) is 14.5. The van der Waals surface area contributed by atoms with Gasteiger partial charge in [0.1, 0.15) is 0 Å². The Bertz CT molecular complexity index is 419. The van der Waals surface area contributed by atoms with E-state index in [0.29, 0.717) is 6.10 Å². The minimum atomic E-state index is 0. The Morgan fingerprint density at radius 3 is 2.54 bits per heavy atom. The van der Waals surface area contributed by atoms with Gasteiger partial charge in [-0.25, -0.2) is 0 Å². The van der Waals surface area contributed by atoms with Crippen LogP contribution in [-0.2, 0) is 9.47 Å². The van der Waals surface area contributed by atoms with Crippen molar-refractivity contribution in [1.82, 2.24) is 20.0 Å². The number of nitrogens with zero attached hydrogens (tertiary/aromatic N) is 4. The van der Waals surface area contributed by atoms with Gasteiger partial charge in [0.25, 0.3) is 0 Å². The van der Waals surface area contributed by atoms with Crippen LogP contribution >= 0.6 is 24.0 Å². The van der Waals surface area contributed by atoms with Crippen molar-refractivity contribution in [3.8, 4) is 0 Å². The van der Waals surface area contributed by atoms with Crippen LogP contribution in [0.15, 0.2) is 4.99 Å². The number of nitrogens with one attached hydrogen (secondary N) is 1. The van der Waals surface area contributed by atoms with E-state index in [1.165, 1.54) is 45.6 Å². The first kappa shape index (κ1) is 25.9. The standard InChI is InChI=1S/C20H41N5O2.HI/c1-21-20(22-9-4-11-24-12-5-10-23(2)15-16-24)25-13-7-19(8-14-25)27-18-6-17-26-3;/h19H,4-18H2,1-3H3,(H,21,22);1H. The maximum absolute atomic E-state index is 5.95. The quantitative estimate of drug-likeness (QED) is 0.220. The minimum absolute atomic E-state index is 0. The van der Waals surface area contributed by atoms with E-state index < -0.39 is 0 Å². The molecule has 0 spiro atoms. The van der Waals surface area contributed by atoms with Gasteiger partial charge in [0, 0.05) is 60.1 Å². The lowest BCUT2D eigenvalue weighted by molar-refractivity contribution is 0.00991. The van der Waals surface area contributed by atoms with E-state index in [2.05, 4.69) is 32.1 Å². The molecule has 8 heteroatoms. The van der Waals surface area contributed by atoms with Gasteiger partial charge in [0.15, 0.2) is 5.96 Å². The van der Waals surface area contributed by atoms with Gasteiger partial charge in [0.2, 0.25) is 0 Å². The molecule has 2 aliphatic rings. The summed E-state index contributed by atoms with van der Waals surface area (Å²) in [5.74, 6) is 1.04. The molecule has 0 aromatic rings. The number of hydrogen-bond donors (Lipinski definition) is 1. The second kappa shape index (κ2) is 15.6. The molecule has 28 heavy (non-hydrogen) atoms. The lowest BCUT2D eigenvalue weighted by atomic mass is 10.1. The average Bonchev–Trinajstić information content (AvgIpc) is 2.90. The lowest BCUT2D eigenvalue weighted by Gasteiger charge is -2.34. The summed E-state index contributed by atoms with van der Waals surface area (Å²) in [5.41, 5.74) is 0. The Morgan fingerprint density at radius 1 is 1.04 bits per heavy atom. The molecule has 7 nitrogen and oxygen atoms in total.